The van der Waals surface area contributed by atoms with Gasteiger partial charge in [0.1, 0.15) is 0 Å². The van der Waals surface area contributed by atoms with E-state index in [1.807, 2.05) is 11.3 Å². The molecule has 1 saturated heterocycles. The normalized spacial score (nSPS) is 28.5. The molecule has 2 heterocycles. The van der Waals surface area contributed by atoms with E-state index in [9.17, 15) is 0 Å². The van der Waals surface area contributed by atoms with Crippen molar-refractivity contribution in [3.8, 4) is 0 Å². The maximum atomic E-state index is 6.08. The van der Waals surface area contributed by atoms with Crippen molar-refractivity contribution < 1.29 is 0 Å². The SMILES string of the molecule is CCc1ccc(C(C)N2CC(C)C(N)C2)s1. The van der Waals surface area contributed by atoms with Crippen LogP contribution in [-0.2, 0) is 6.42 Å². The van der Waals surface area contributed by atoms with Crippen LogP contribution >= 0.6 is 11.3 Å². The second kappa shape index (κ2) is 4.86. The van der Waals surface area contributed by atoms with Crippen LogP contribution in [0.5, 0.6) is 0 Å². The van der Waals surface area contributed by atoms with Crippen LogP contribution in [0.15, 0.2) is 12.1 Å². The van der Waals surface area contributed by atoms with E-state index in [1.54, 1.807) is 0 Å². The lowest BCUT2D eigenvalue weighted by Gasteiger charge is -2.23. The smallest absolute Gasteiger partial charge is 0.0414 e. The van der Waals surface area contributed by atoms with Crippen molar-refractivity contribution >= 4 is 11.3 Å². The van der Waals surface area contributed by atoms with Gasteiger partial charge in [-0.15, -0.1) is 11.3 Å². The molecular formula is C13H22N2S. The first-order valence-corrected chi connectivity index (χ1v) is 7.01. The highest BCUT2D eigenvalue weighted by atomic mass is 32.1. The van der Waals surface area contributed by atoms with Gasteiger partial charge in [-0.2, -0.15) is 0 Å². The van der Waals surface area contributed by atoms with Crippen molar-refractivity contribution in [1.29, 1.82) is 0 Å². The van der Waals surface area contributed by atoms with Gasteiger partial charge < -0.3 is 5.73 Å². The molecule has 1 aliphatic rings. The predicted molar refractivity (Wildman–Crippen MR) is 70.8 cm³/mol. The average molecular weight is 238 g/mol. The Balaban J connectivity index is 2.05. The number of nitrogens with two attached hydrogens (primary N) is 1. The number of rotatable bonds is 3. The fourth-order valence-corrected chi connectivity index (χ4v) is 3.37. The summed E-state index contributed by atoms with van der Waals surface area (Å²) in [4.78, 5) is 5.48. The van der Waals surface area contributed by atoms with Gasteiger partial charge in [-0.1, -0.05) is 13.8 Å². The summed E-state index contributed by atoms with van der Waals surface area (Å²) < 4.78 is 0. The summed E-state index contributed by atoms with van der Waals surface area (Å²) in [6.07, 6.45) is 1.15. The van der Waals surface area contributed by atoms with Crippen molar-refractivity contribution in [1.82, 2.24) is 4.90 Å². The molecular weight excluding hydrogens is 216 g/mol. The largest absolute Gasteiger partial charge is 0.326 e. The van der Waals surface area contributed by atoms with Crippen molar-refractivity contribution in [2.45, 2.75) is 39.3 Å². The summed E-state index contributed by atoms with van der Waals surface area (Å²) in [7, 11) is 0. The van der Waals surface area contributed by atoms with E-state index in [4.69, 9.17) is 5.73 Å². The molecule has 3 atom stereocenters. The second-order valence-corrected chi connectivity index (χ2v) is 6.13. The van der Waals surface area contributed by atoms with E-state index in [0.717, 1.165) is 19.5 Å². The molecule has 16 heavy (non-hydrogen) atoms. The van der Waals surface area contributed by atoms with Crippen LogP contribution < -0.4 is 5.73 Å². The quantitative estimate of drug-likeness (QED) is 0.877. The first-order chi connectivity index (χ1) is 7.61. The molecule has 3 heteroatoms. The third-order valence-corrected chi connectivity index (χ3v) is 5.09. The minimum absolute atomic E-state index is 0.355. The van der Waals surface area contributed by atoms with E-state index in [-0.39, 0.29) is 0 Å². The maximum Gasteiger partial charge on any atom is 0.0414 e. The Morgan fingerprint density at radius 1 is 1.50 bits per heavy atom. The molecule has 0 amide bonds. The Labute approximate surface area is 102 Å². The molecule has 0 aliphatic carbocycles. The van der Waals surface area contributed by atoms with Crippen LogP contribution in [0.2, 0.25) is 0 Å². The Hall–Kier alpha value is -0.380. The highest BCUT2D eigenvalue weighted by Gasteiger charge is 2.30. The van der Waals surface area contributed by atoms with Crippen LogP contribution in [0.4, 0.5) is 0 Å². The summed E-state index contributed by atoms with van der Waals surface area (Å²) in [6, 6.07) is 5.42. The van der Waals surface area contributed by atoms with E-state index in [2.05, 4.69) is 37.8 Å². The Morgan fingerprint density at radius 2 is 2.25 bits per heavy atom. The highest BCUT2D eigenvalue weighted by molar-refractivity contribution is 7.12. The zero-order chi connectivity index (χ0) is 11.7. The van der Waals surface area contributed by atoms with Crippen LogP contribution in [0.1, 0.15) is 36.6 Å². The first kappa shape index (κ1) is 12.1. The van der Waals surface area contributed by atoms with E-state index in [0.29, 0.717) is 18.0 Å². The van der Waals surface area contributed by atoms with E-state index >= 15 is 0 Å². The number of hydrogen-bond donors (Lipinski definition) is 1. The van der Waals surface area contributed by atoms with Crippen molar-refractivity contribution in [2.24, 2.45) is 11.7 Å². The summed E-state index contributed by atoms with van der Waals surface area (Å²) in [5, 5.41) is 0. The van der Waals surface area contributed by atoms with Gasteiger partial charge in [0, 0.05) is 34.9 Å². The first-order valence-electron chi connectivity index (χ1n) is 6.20. The standard InChI is InChI=1S/C13H22N2S/c1-4-11-5-6-13(16-11)10(3)15-7-9(2)12(14)8-15/h5-6,9-10,12H,4,7-8,14H2,1-3H3. The zero-order valence-corrected chi connectivity index (χ0v) is 11.3. The van der Waals surface area contributed by atoms with Crippen LogP contribution in [0.25, 0.3) is 0 Å². The van der Waals surface area contributed by atoms with Gasteiger partial charge in [0.05, 0.1) is 0 Å². The average Bonchev–Trinajstić information content (AvgIpc) is 2.86. The molecule has 1 aliphatic heterocycles. The molecule has 3 unspecified atom stereocenters. The Morgan fingerprint density at radius 3 is 2.75 bits per heavy atom. The number of likely N-dealkylation sites (tertiary alicyclic amines) is 1. The van der Waals surface area contributed by atoms with Gasteiger partial charge in [0.2, 0.25) is 0 Å². The lowest BCUT2D eigenvalue weighted by atomic mass is 10.1. The van der Waals surface area contributed by atoms with Gasteiger partial charge in [0.25, 0.3) is 0 Å². The van der Waals surface area contributed by atoms with Crippen LogP contribution in [0, 0.1) is 5.92 Å². The van der Waals surface area contributed by atoms with E-state index in [1.165, 1.54) is 9.75 Å². The molecule has 1 aromatic heterocycles. The molecule has 1 aromatic rings. The summed E-state index contributed by atoms with van der Waals surface area (Å²) in [5.74, 6) is 0.632. The number of aryl methyl sites for hydroxylation is 1. The highest BCUT2D eigenvalue weighted by Crippen LogP contribution is 2.31. The third-order valence-electron chi connectivity index (χ3n) is 3.69. The molecule has 0 radical (unpaired) electrons. The maximum absolute atomic E-state index is 6.08. The molecule has 1 fully saturated rings. The third kappa shape index (κ3) is 2.31. The fourth-order valence-electron chi connectivity index (χ4n) is 2.34. The monoisotopic (exact) mass is 238 g/mol. The molecule has 2 N–H and O–H groups in total. The second-order valence-electron chi connectivity index (χ2n) is 4.93. The summed E-state index contributed by atoms with van der Waals surface area (Å²) >= 11 is 1.95. The lowest BCUT2D eigenvalue weighted by Crippen LogP contribution is -2.29. The van der Waals surface area contributed by atoms with Crippen molar-refractivity contribution in [3.05, 3.63) is 21.9 Å². The number of nitrogens with zero attached hydrogens (tertiary/aromatic N) is 1. The molecule has 0 saturated carbocycles. The molecule has 0 bridgehead atoms. The number of thiophene rings is 1. The van der Waals surface area contributed by atoms with Gasteiger partial charge in [-0.05, 0) is 31.4 Å². The van der Waals surface area contributed by atoms with Gasteiger partial charge in [-0.25, -0.2) is 0 Å². The lowest BCUT2D eigenvalue weighted by molar-refractivity contribution is 0.257. The molecule has 90 valence electrons. The molecule has 2 rings (SSSR count). The number of hydrogen-bond acceptors (Lipinski definition) is 3. The van der Waals surface area contributed by atoms with Crippen LogP contribution in [-0.4, -0.2) is 24.0 Å². The van der Waals surface area contributed by atoms with E-state index < -0.39 is 0 Å². The van der Waals surface area contributed by atoms with Crippen molar-refractivity contribution in [2.75, 3.05) is 13.1 Å². The van der Waals surface area contributed by atoms with Gasteiger partial charge >= 0.3 is 0 Å². The van der Waals surface area contributed by atoms with Crippen molar-refractivity contribution in [3.63, 3.8) is 0 Å². The molecule has 2 nitrogen and oxygen atoms in total. The Bertz CT molecular complexity index is 337. The Kier molecular flexibility index (Phi) is 3.67. The summed E-state index contributed by atoms with van der Waals surface area (Å²) in [5.41, 5.74) is 6.08. The topological polar surface area (TPSA) is 29.3 Å². The fraction of sp³-hybridized carbons (Fsp3) is 0.692. The zero-order valence-electron chi connectivity index (χ0n) is 10.4. The van der Waals surface area contributed by atoms with Gasteiger partial charge in [-0.3, -0.25) is 4.90 Å². The predicted octanol–water partition coefficient (Wildman–Crippen LogP) is 2.65. The minimum atomic E-state index is 0.355. The minimum Gasteiger partial charge on any atom is -0.326 e. The summed E-state index contributed by atoms with van der Waals surface area (Å²) in [6.45, 7) is 8.96. The molecule has 0 aromatic carbocycles. The van der Waals surface area contributed by atoms with Gasteiger partial charge in [0.15, 0.2) is 0 Å². The molecule has 0 spiro atoms. The van der Waals surface area contributed by atoms with Crippen LogP contribution in [0.3, 0.4) is 0 Å².